The van der Waals surface area contributed by atoms with Crippen LogP contribution >= 0.6 is 0 Å². The van der Waals surface area contributed by atoms with Gasteiger partial charge in [-0.1, -0.05) is 12.1 Å². The number of nitrogens with one attached hydrogen (secondary N) is 1. The zero-order valence-electron chi connectivity index (χ0n) is 12.6. The molecule has 2 heterocycles. The van der Waals surface area contributed by atoms with Gasteiger partial charge in [0.2, 0.25) is 0 Å². The van der Waals surface area contributed by atoms with Crippen LogP contribution < -0.4 is 5.56 Å². The lowest BCUT2D eigenvalue weighted by molar-refractivity contribution is 0.557. The van der Waals surface area contributed by atoms with Crippen LogP contribution in [0.5, 0.6) is 0 Å². The first-order valence-electron chi connectivity index (χ1n) is 7.16. The van der Waals surface area contributed by atoms with Crippen LogP contribution in [0.2, 0.25) is 0 Å². The Balaban J connectivity index is 1.73. The molecule has 0 saturated heterocycles. The minimum Gasteiger partial charge on any atom is -0.343 e. The molecule has 0 unspecified atom stereocenters. The smallest absolute Gasteiger partial charge is 0.294 e. The molecule has 0 aliphatic carbocycles. The summed E-state index contributed by atoms with van der Waals surface area (Å²) < 4.78 is 25.9. The Kier molecular flexibility index (Phi) is 3.99. The second-order valence-corrected chi connectivity index (χ2v) is 7.44. The molecule has 0 bridgehead atoms. The molecule has 3 aromatic rings. The third kappa shape index (κ3) is 3.16. The number of hydrogen-bond donors (Lipinski definition) is 1. The molecule has 0 radical (unpaired) electrons. The second-order valence-electron chi connectivity index (χ2n) is 5.33. The topological polar surface area (TPSA) is 97.7 Å². The second kappa shape index (κ2) is 5.96. The number of aromatic nitrogens is 4. The van der Waals surface area contributed by atoms with Crippen molar-refractivity contribution in [2.45, 2.75) is 24.8 Å². The predicted molar refractivity (Wildman–Crippen MR) is 86.0 cm³/mol. The van der Waals surface area contributed by atoms with Crippen molar-refractivity contribution in [1.29, 1.82) is 0 Å². The highest BCUT2D eigenvalue weighted by Crippen LogP contribution is 2.14. The van der Waals surface area contributed by atoms with Gasteiger partial charge in [0.25, 0.3) is 5.56 Å². The summed E-state index contributed by atoms with van der Waals surface area (Å²) in [5.74, 6) is -0.0385. The van der Waals surface area contributed by atoms with Gasteiger partial charge in [-0.25, -0.2) is 18.1 Å². The Bertz CT molecular complexity index is 1000. The maximum Gasteiger partial charge on any atom is 0.294 e. The van der Waals surface area contributed by atoms with Gasteiger partial charge in [-0.2, -0.15) is 5.10 Å². The molecule has 3 rings (SSSR count). The molecule has 0 spiro atoms. The highest BCUT2D eigenvalue weighted by molar-refractivity contribution is 7.91. The highest BCUT2D eigenvalue weighted by atomic mass is 32.2. The minimum atomic E-state index is -3.36. The highest BCUT2D eigenvalue weighted by Gasteiger charge is 2.15. The summed E-state index contributed by atoms with van der Waals surface area (Å²) in [5, 5.41) is 4.02. The van der Waals surface area contributed by atoms with Gasteiger partial charge < -0.3 is 4.98 Å². The summed E-state index contributed by atoms with van der Waals surface area (Å²) in [7, 11) is -3.36. The van der Waals surface area contributed by atoms with Crippen molar-refractivity contribution in [1.82, 2.24) is 19.7 Å². The Labute approximate surface area is 132 Å². The van der Waals surface area contributed by atoms with Crippen molar-refractivity contribution < 1.29 is 8.42 Å². The number of aromatic amines is 1. The van der Waals surface area contributed by atoms with Gasteiger partial charge in [0.05, 0.1) is 28.7 Å². The molecule has 0 saturated carbocycles. The Hall–Kier alpha value is -2.48. The number of H-pyrrole nitrogens is 1. The summed E-state index contributed by atoms with van der Waals surface area (Å²) in [6, 6.07) is 6.80. The molecule has 0 amide bonds. The van der Waals surface area contributed by atoms with Crippen LogP contribution in [-0.2, 0) is 16.4 Å². The quantitative estimate of drug-likeness (QED) is 0.759. The first-order valence-corrected chi connectivity index (χ1v) is 8.81. The molecule has 0 aliphatic heterocycles. The van der Waals surface area contributed by atoms with Crippen LogP contribution in [-0.4, -0.2) is 33.9 Å². The summed E-state index contributed by atoms with van der Waals surface area (Å²) in [4.78, 5) is 19.2. The van der Waals surface area contributed by atoms with Gasteiger partial charge in [0.1, 0.15) is 0 Å². The third-order valence-electron chi connectivity index (χ3n) is 3.56. The number of rotatable bonds is 5. The number of sulfone groups is 1. The molecule has 7 nitrogen and oxygen atoms in total. The summed E-state index contributed by atoms with van der Waals surface area (Å²) in [6.45, 7) is 2.08. The van der Waals surface area contributed by atoms with E-state index in [2.05, 4.69) is 15.1 Å². The molecule has 2 aromatic heterocycles. The van der Waals surface area contributed by atoms with Gasteiger partial charge >= 0.3 is 0 Å². The van der Waals surface area contributed by atoms with E-state index in [1.807, 2.05) is 13.0 Å². The van der Waals surface area contributed by atoms with Crippen LogP contribution in [0.1, 0.15) is 12.0 Å². The Morgan fingerprint density at radius 1 is 1.30 bits per heavy atom. The predicted octanol–water partition coefficient (Wildman–Crippen LogP) is 1.29. The average molecular weight is 332 g/mol. The van der Waals surface area contributed by atoms with E-state index in [0.717, 1.165) is 5.56 Å². The van der Waals surface area contributed by atoms with E-state index in [1.165, 1.54) is 17.2 Å². The number of nitrogens with zero attached hydrogens (tertiary/aromatic N) is 3. The van der Waals surface area contributed by atoms with Crippen molar-refractivity contribution in [3.63, 3.8) is 0 Å². The van der Waals surface area contributed by atoms with Gasteiger partial charge in [0, 0.05) is 6.54 Å². The van der Waals surface area contributed by atoms with Crippen LogP contribution in [0.15, 0.2) is 46.5 Å². The molecule has 0 fully saturated rings. The molecule has 8 heteroatoms. The van der Waals surface area contributed by atoms with E-state index in [-0.39, 0.29) is 17.9 Å². The van der Waals surface area contributed by atoms with Gasteiger partial charge in [0.15, 0.2) is 15.4 Å². The van der Waals surface area contributed by atoms with Gasteiger partial charge in [-0.3, -0.25) is 4.79 Å². The number of benzene rings is 1. The van der Waals surface area contributed by atoms with E-state index < -0.39 is 9.84 Å². The van der Waals surface area contributed by atoms with Crippen molar-refractivity contribution in [3.8, 4) is 0 Å². The lowest BCUT2D eigenvalue weighted by atomic mass is 10.2. The molecular formula is C15H16N4O3S. The largest absolute Gasteiger partial charge is 0.343 e. The van der Waals surface area contributed by atoms with Crippen molar-refractivity contribution in [2.24, 2.45) is 0 Å². The Morgan fingerprint density at radius 3 is 2.91 bits per heavy atom. The third-order valence-corrected chi connectivity index (χ3v) is 5.36. The van der Waals surface area contributed by atoms with E-state index in [0.29, 0.717) is 22.3 Å². The zero-order valence-corrected chi connectivity index (χ0v) is 13.4. The van der Waals surface area contributed by atoms with E-state index in [9.17, 15) is 13.2 Å². The monoisotopic (exact) mass is 332 g/mol. The number of imidazole rings is 1. The molecule has 1 N–H and O–H groups in total. The van der Waals surface area contributed by atoms with Gasteiger partial charge in [-0.05, 0) is 31.0 Å². The first-order chi connectivity index (χ1) is 11.0. The van der Waals surface area contributed by atoms with Crippen LogP contribution in [0, 0.1) is 6.92 Å². The molecular weight excluding hydrogens is 316 g/mol. The van der Waals surface area contributed by atoms with Crippen molar-refractivity contribution in [2.75, 3.05) is 5.75 Å². The van der Waals surface area contributed by atoms with Crippen molar-refractivity contribution in [3.05, 3.63) is 52.7 Å². The standard InChI is InChI=1S/C15H16N4O3S/c1-11-4-2-5-12(8-11)23(21,22)7-3-6-19-15(20)14-13(9-18-19)16-10-17-14/h2,4-5,8-10H,3,6-7H2,1H3,(H,16,17). The summed E-state index contributed by atoms with van der Waals surface area (Å²) >= 11 is 0. The van der Waals surface area contributed by atoms with Crippen LogP contribution in [0.25, 0.3) is 11.0 Å². The number of aryl methyl sites for hydroxylation is 2. The first kappa shape index (κ1) is 15.4. The van der Waals surface area contributed by atoms with E-state index >= 15 is 0 Å². The van der Waals surface area contributed by atoms with Gasteiger partial charge in [-0.15, -0.1) is 0 Å². The van der Waals surface area contributed by atoms with Crippen LogP contribution in [0.4, 0.5) is 0 Å². The molecule has 23 heavy (non-hydrogen) atoms. The molecule has 0 atom stereocenters. The van der Waals surface area contributed by atoms with Crippen molar-refractivity contribution >= 4 is 20.9 Å². The lowest BCUT2D eigenvalue weighted by Gasteiger charge is -2.06. The summed E-state index contributed by atoms with van der Waals surface area (Å²) in [6.07, 6.45) is 3.25. The average Bonchev–Trinajstić information content (AvgIpc) is 2.99. The molecule has 0 aliphatic rings. The Morgan fingerprint density at radius 2 is 2.13 bits per heavy atom. The molecule has 1 aromatic carbocycles. The number of fused-ring (bicyclic) bond motifs is 1. The fourth-order valence-corrected chi connectivity index (χ4v) is 3.76. The lowest BCUT2D eigenvalue weighted by Crippen LogP contribution is -2.24. The summed E-state index contributed by atoms with van der Waals surface area (Å²) in [5.41, 5.74) is 1.45. The molecule has 120 valence electrons. The van der Waals surface area contributed by atoms with E-state index in [4.69, 9.17) is 0 Å². The van der Waals surface area contributed by atoms with E-state index in [1.54, 1.807) is 18.2 Å². The van der Waals surface area contributed by atoms with Crippen LogP contribution in [0.3, 0.4) is 0 Å². The zero-order chi connectivity index (χ0) is 16.4. The maximum absolute atomic E-state index is 12.3. The number of hydrogen-bond acceptors (Lipinski definition) is 5. The fourth-order valence-electron chi connectivity index (χ4n) is 2.37. The minimum absolute atomic E-state index is 0.0385. The SMILES string of the molecule is Cc1cccc(S(=O)(=O)CCCn2ncc3[nH]cnc3c2=O)c1. The maximum atomic E-state index is 12.3. The fraction of sp³-hybridized carbons (Fsp3) is 0.267. The normalized spacial score (nSPS) is 11.9.